The van der Waals surface area contributed by atoms with Gasteiger partial charge in [0.15, 0.2) is 12.4 Å². The summed E-state index contributed by atoms with van der Waals surface area (Å²) in [5.74, 6) is 0.0552. The van der Waals surface area contributed by atoms with Crippen molar-refractivity contribution in [2.75, 3.05) is 32.3 Å². The average Bonchev–Trinajstić information content (AvgIpc) is 2.54. The summed E-state index contributed by atoms with van der Waals surface area (Å²) in [5.41, 5.74) is 1.14. The highest BCUT2D eigenvalue weighted by molar-refractivity contribution is 6.17. The Hall–Kier alpha value is -1.79. The monoisotopic (exact) mass is 358 g/mol. The number of ether oxygens (including phenoxy) is 3. The van der Waals surface area contributed by atoms with Crippen molar-refractivity contribution in [2.45, 2.75) is 26.7 Å². The molecule has 0 saturated carbocycles. The Morgan fingerprint density at radius 1 is 1.17 bits per heavy atom. The zero-order valence-corrected chi connectivity index (χ0v) is 14.7. The summed E-state index contributed by atoms with van der Waals surface area (Å²) >= 11 is 5.54. The molecule has 1 aromatic carbocycles. The number of carboxylic acid groups (broad SMARTS) is 1. The van der Waals surface area contributed by atoms with E-state index in [1.165, 1.54) is 6.92 Å². The van der Waals surface area contributed by atoms with E-state index in [1.807, 2.05) is 6.92 Å². The number of Topliss-reactive ketones (excluding diaryl/α,β-unsaturated/α-hetero) is 1. The van der Waals surface area contributed by atoms with Gasteiger partial charge in [0.25, 0.3) is 0 Å². The molecule has 0 heterocycles. The summed E-state index contributed by atoms with van der Waals surface area (Å²) in [5, 5.41) is 8.79. The van der Waals surface area contributed by atoms with Crippen LogP contribution < -0.4 is 9.47 Å². The molecule has 0 fully saturated rings. The lowest BCUT2D eigenvalue weighted by Gasteiger charge is -2.18. The van der Waals surface area contributed by atoms with Gasteiger partial charge in [-0.25, -0.2) is 4.79 Å². The fourth-order valence-electron chi connectivity index (χ4n) is 2.17. The van der Waals surface area contributed by atoms with Gasteiger partial charge in [-0.3, -0.25) is 4.79 Å². The number of ketones is 1. The molecule has 0 bridgehead atoms. The van der Waals surface area contributed by atoms with Gasteiger partial charge in [-0.1, -0.05) is 13.3 Å². The van der Waals surface area contributed by atoms with Crippen LogP contribution in [0.25, 0.3) is 0 Å². The molecule has 0 aromatic heterocycles. The van der Waals surface area contributed by atoms with Gasteiger partial charge in [-0.05, 0) is 25.5 Å². The molecular formula is C17H23ClO6. The topological polar surface area (TPSA) is 82.1 Å². The number of rotatable bonds is 12. The number of hydrogen-bond donors (Lipinski definition) is 1. The van der Waals surface area contributed by atoms with Gasteiger partial charge in [-0.2, -0.15) is 0 Å². The van der Waals surface area contributed by atoms with Crippen LogP contribution in [0.1, 0.15) is 36.2 Å². The van der Waals surface area contributed by atoms with E-state index in [4.69, 9.17) is 30.9 Å². The second kappa shape index (κ2) is 10.9. The summed E-state index contributed by atoms with van der Waals surface area (Å²) in [7, 11) is 0. The third-order valence-electron chi connectivity index (χ3n) is 3.14. The van der Waals surface area contributed by atoms with E-state index in [0.29, 0.717) is 48.1 Å². The number of hydrogen-bond acceptors (Lipinski definition) is 5. The number of aliphatic carboxylic acids is 1. The number of carbonyl (C=O) groups is 2. The van der Waals surface area contributed by atoms with E-state index >= 15 is 0 Å². The molecule has 0 unspecified atom stereocenters. The first-order chi connectivity index (χ1) is 11.5. The molecule has 7 heteroatoms. The van der Waals surface area contributed by atoms with Crippen molar-refractivity contribution < 1.29 is 28.9 Å². The molecule has 1 rings (SSSR count). The highest BCUT2D eigenvalue weighted by Gasteiger charge is 2.18. The van der Waals surface area contributed by atoms with Crippen LogP contribution >= 0.6 is 11.6 Å². The van der Waals surface area contributed by atoms with Gasteiger partial charge >= 0.3 is 5.97 Å². The van der Waals surface area contributed by atoms with Crippen molar-refractivity contribution in [3.63, 3.8) is 0 Å². The normalized spacial score (nSPS) is 10.5. The van der Waals surface area contributed by atoms with Crippen LogP contribution in [-0.2, 0) is 16.0 Å². The zero-order chi connectivity index (χ0) is 17.9. The number of alkyl halides is 1. The molecule has 1 aromatic rings. The zero-order valence-electron chi connectivity index (χ0n) is 14.0. The van der Waals surface area contributed by atoms with E-state index in [2.05, 4.69) is 0 Å². The van der Waals surface area contributed by atoms with Crippen LogP contribution in [0.4, 0.5) is 0 Å². The molecule has 0 radical (unpaired) electrons. The van der Waals surface area contributed by atoms with Crippen molar-refractivity contribution in [3.8, 4) is 11.5 Å². The Morgan fingerprint density at radius 2 is 1.92 bits per heavy atom. The predicted octanol–water partition coefficient (Wildman–Crippen LogP) is 2.94. The van der Waals surface area contributed by atoms with E-state index in [1.54, 1.807) is 12.1 Å². The number of carbonyl (C=O) groups excluding carboxylic acids is 1. The van der Waals surface area contributed by atoms with Gasteiger partial charge in [0.2, 0.25) is 0 Å². The lowest BCUT2D eigenvalue weighted by atomic mass is 10.0. The van der Waals surface area contributed by atoms with Crippen LogP contribution in [0, 0.1) is 0 Å². The minimum Gasteiger partial charge on any atom is -0.490 e. The van der Waals surface area contributed by atoms with Crippen LogP contribution in [0.2, 0.25) is 0 Å². The fraction of sp³-hybridized carbons (Fsp3) is 0.529. The van der Waals surface area contributed by atoms with Crippen molar-refractivity contribution >= 4 is 23.4 Å². The largest absolute Gasteiger partial charge is 0.490 e. The third kappa shape index (κ3) is 6.37. The smallest absolute Gasteiger partial charge is 0.341 e. The Balaban J connectivity index is 3.04. The van der Waals surface area contributed by atoms with Gasteiger partial charge in [-0.15, -0.1) is 11.6 Å². The minimum atomic E-state index is -1.06. The van der Waals surface area contributed by atoms with Gasteiger partial charge in [0, 0.05) is 11.4 Å². The highest BCUT2D eigenvalue weighted by Crippen LogP contribution is 2.34. The quantitative estimate of drug-likeness (QED) is 0.351. The minimum absolute atomic E-state index is 0.131. The summed E-state index contributed by atoms with van der Waals surface area (Å²) in [4.78, 5) is 22.6. The maximum Gasteiger partial charge on any atom is 0.341 e. The van der Waals surface area contributed by atoms with Crippen LogP contribution in [-0.4, -0.2) is 49.2 Å². The molecule has 6 nitrogen and oxygen atoms in total. The predicted molar refractivity (Wildman–Crippen MR) is 90.6 cm³/mol. The summed E-state index contributed by atoms with van der Waals surface area (Å²) in [6, 6.07) is 3.20. The first-order valence-electron chi connectivity index (χ1n) is 7.79. The molecule has 0 aliphatic carbocycles. The first-order valence-corrected chi connectivity index (χ1v) is 8.32. The van der Waals surface area contributed by atoms with Gasteiger partial charge in [0.05, 0.1) is 18.8 Å². The van der Waals surface area contributed by atoms with E-state index in [0.717, 1.165) is 6.42 Å². The third-order valence-corrected chi connectivity index (χ3v) is 3.30. The lowest BCUT2D eigenvalue weighted by Crippen LogP contribution is -2.14. The molecule has 0 aliphatic heterocycles. The second-order valence-electron chi connectivity index (χ2n) is 5.06. The Labute approximate surface area is 146 Å². The summed E-state index contributed by atoms with van der Waals surface area (Å²) < 4.78 is 16.4. The molecule has 0 atom stereocenters. The number of halogens is 1. The number of carboxylic acids is 1. The first kappa shape index (κ1) is 20.3. The Bertz CT molecular complexity index is 558. The van der Waals surface area contributed by atoms with Crippen LogP contribution in [0.5, 0.6) is 11.5 Å². The molecular weight excluding hydrogens is 336 g/mol. The van der Waals surface area contributed by atoms with Gasteiger partial charge in [0.1, 0.15) is 18.1 Å². The fourth-order valence-corrected chi connectivity index (χ4v) is 2.28. The van der Waals surface area contributed by atoms with Crippen molar-refractivity contribution in [2.24, 2.45) is 0 Å². The molecule has 0 amide bonds. The molecule has 0 saturated heterocycles. The van der Waals surface area contributed by atoms with E-state index in [9.17, 15) is 9.59 Å². The summed E-state index contributed by atoms with van der Waals surface area (Å²) in [6.07, 6.45) is 1.40. The molecule has 24 heavy (non-hydrogen) atoms. The van der Waals surface area contributed by atoms with Crippen LogP contribution in [0.3, 0.4) is 0 Å². The SMILES string of the molecule is CCCc1c(OCC(=O)O)ccc(C(C)=O)c1OCCOCCCl. The summed E-state index contributed by atoms with van der Waals surface area (Å²) in [6.45, 7) is 4.02. The molecule has 0 aliphatic rings. The maximum atomic E-state index is 11.9. The van der Waals surface area contributed by atoms with Gasteiger partial charge < -0.3 is 19.3 Å². The Kier molecular flexibility index (Phi) is 9.19. The molecule has 1 N–H and O–H groups in total. The molecule has 0 spiro atoms. The van der Waals surface area contributed by atoms with Crippen molar-refractivity contribution in [1.29, 1.82) is 0 Å². The number of benzene rings is 1. The molecule has 134 valence electrons. The maximum absolute atomic E-state index is 11.9. The van der Waals surface area contributed by atoms with E-state index in [-0.39, 0.29) is 12.4 Å². The lowest BCUT2D eigenvalue weighted by molar-refractivity contribution is -0.139. The van der Waals surface area contributed by atoms with Crippen molar-refractivity contribution in [1.82, 2.24) is 0 Å². The second-order valence-corrected chi connectivity index (χ2v) is 5.44. The Morgan fingerprint density at radius 3 is 2.50 bits per heavy atom. The average molecular weight is 359 g/mol. The van der Waals surface area contributed by atoms with Crippen molar-refractivity contribution in [3.05, 3.63) is 23.3 Å². The standard InChI is InChI=1S/C17H23ClO6/c1-3-4-14-15(24-11-16(20)21)6-5-13(12(2)19)17(14)23-10-9-22-8-7-18/h5-6H,3-4,7-11H2,1-2H3,(H,20,21). The van der Waals surface area contributed by atoms with E-state index < -0.39 is 12.6 Å². The van der Waals surface area contributed by atoms with Crippen LogP contribution in [0.15, 0.2) is 12.1 Å². The highest BCUT2D eigenvalue weighted by atomic mass is 35.5.